The second-order valence-corrected chi connectivity index (χ2v) is 9.47. The van der Waals surface area contributed by atoms with E-state index in [0.29, 0.717) is 16.9 Å². The van der Waals surface area contributed by atoms with Gasteiger partial charge >= 0.3 is 0 Å². The van der Waals surface area contributed by atoms with E-state index in [9.17, 15) is 13.2 Å². The van der Waals surface area contributed by atoms with E-state index >= 15 is 0 Å². The van der Waals surface area contributed by atoms with Crippen LogP contribution in [0.3, 0.4) is 0 Å². The molecule has 0 saturated carbocycles. The molecule has 0 saturated heterocycles. The van der Waals surface area contributed by atoms with Crippen LogP contribution in [0.4, 0.5) is 5.69 Å². The summed E-state index contributed by atoms with van der Waals surface area (Å²) < 4.78 is 34.5. The highest BCUT2D eigenvalue weighted by molar-refractivity contribution is 7.93. The first-order chi connectivity index (χ1) is 16.3. The number of rotatable bonds is 9. The predicted molar refractivity (Wildman–Crippen MR) is 131 cm³/mol. The van der Waals surface area contributed by atoms with Crippen LogP contribution >= 0.6 is 0 Å². The molecule has 0 heterocycles. The van der Waals surface area contributed by atoms with E-state index in [1.54, 1.807) is 80.6 Å². The van der Waals surface area contributed by atoms with Gasteiger partial charge in [0.2, 0.25) is 5.91 Å². The van der Waals surface area contributed by atoms with Crippen LogP contribution in [0.15, 0.2) is 77.7 Å². The Bertz CT molecular complexity index is 1300. The quantitative estimate of drug-likeness (QED) is 0.499. The van der Waals surface area contributed by atoms with Crippen molar-refractivity contribution < 1.29 is 17.9 Å². The van der Waals surface area contributed by atoms with Crippen molar-refractivity contribution in [1.29, 1.82) is 5.26 Å². The Morgan fingerprint density at radius 2 is 1.71 bits per heavy atom. The van der Waals surface area contributed by atoms with Gasteiger partial charge in [-0.3, -0.25) is 9.10 Å². The minimum atomic E-state index is -4.11. The van der Waals surface area contributed by atoms with Gasteiger partial charge in [0.05, 0.1) is 29.3 Å². The molecule has 0 radical (unpaired) electrons. The maximum Gasteiger partial charge on any atom is 0.265 e. The zero-order valence-electron chi connectivity index (χ0n) is 19.4. The van der Waals surface area contributed by atoms with Crippen LogP contribution in [0.2, 0.25) is 0 Å². The molecule has 8 heteroatoms. The number of hydrogen-bond donors (Lipinski definition) is 1. The third-order valence-electron chi connectivity index (χ3n) is 5.48. The third kappa shape index (κ3) is 5.21. The summed E-state index contributed by atoms with van der Waals surface area (Å²) in [5, 5.41) is 11.8. The van der Waals surface area contributed by atoms with Crippen LogP contribution in [0, 0.1) is 18.3 Å². The lowest BCUT2D eigenvalue weighted by Crippen LogP contribution is -2.49. The van der Waals surface area contributed by atoms with Crippen molar-refractivity contribution in [3.05, 3.63) is 89.5 Å². The fraction of sp³-hybridized carbons (Fsp3) is 0.231. The molecule has 1 atom stereocenters. The molecule has 0 bridgehead atoms. The number of ether oxygens (including phenoxy) is 1. The van der Waals surface area contributed by atoms with Gasteiger partial charge in [0, 0.05) is 6.54 Å². The molecular formula is C26H27N3O4S. The lowest BCUT2D eigenvalue weighted by molar-refractivity contribution is -0.122. The molecular weight excluding hydrogens is 450 g/mol. The summed E-state index contributed by atoms with van der Waals surface area (Å²) in [6.07, 6.45) is 0.238. The molecule has 0 spiro atoms. The second-order valence-electron chi connectivity index (χ2n) is 7.69. The molecule has 1 unspecified atom stereocenters. The van der Waals surface area contributed by atoms with Crippen molar-refractivity contribution in [2.75, 3.05) is 11.4 Å². The SMILES string of the molecule is CCC(C(=O)NCc1ccc(C#N)cc1)N(c1ccccc1OC)S(=O)(=O)c1ccccc1C. The molecule has 0 aliphatic carbocycles. The number of nitrogens with one attached hydrogen (secondary N) is 1. The first-order valence-electron chi connectivity index (χ1n) is 10.8. The highest BCUT2D eigenvalue weighted by Crippen LogP contribution is 2.35. The van der Waals surface area contributed by atoms with Gasteiger partial charge < -0.3 is 10.1 Å². The number of nitrogens with zero attached hydrogens (tertiary/aromatic N) is 2. The van der Waals surface area contributed by atoms with E-state index in [1.165, 1.54) is 13.2 Å². The molecule has 3 aromatic carbocycles. The van der Waals surface area contributed by atoms with E-state index < -0.39 is 22.0 Å². The van der Waals surface area contributed by atoms with E-state index in [2.05, 4.69) is 11.4 Å². The normalized spacial score (nSPS) is 11.8. The van der Waals surface area contributed by atoms with Crippen LogP contribution < -0.4 is 14.4 Å². The van der Waals surface area contributed by atoms with Crippen LogP contribution in [0.5, 0.6) is 5.75 Å². The van der Waals surface area contributed by atoms with E-state index in [0.717, 1.165) is 9.87 Å². The van der Waals surface area contributed by atoms with Gasteiger partial charge in [-0.25, -0.2) is 8.42 Å². The first-order valence-corrected chi connectivity index (χ1v) is 12.3. The highest BCUT2D eigenvalue weighted by atomic mass is 32.2. The maximum atomic E-state index is 13.9. The Labute approximate surface area is 200 Å². The van der Waals surface area contributed by atoms with Crippen LogP contribution in [0.1, 0.15) is 30.0 Å². The number of carbonyl (C=O) groups excluding carboxylic acids is 1. The Balaban J connectivity index is 2.02. The van der Waals surface area contributed by atoms with Gasteiger partial charge in [-0.2, -0.15) is 5.26 Å². The zero-order chi connectivity index (χ0) is 24.7. The number of amides is 1. The molecule has 7 nitrogen and oxygen atoms in total. The smallest absolute Gasteiger partial charge is 0.265 e. The van der Waals surface area contributed by atoms with E-state index in [-0.39, 0.29) is 23.5 Å². The number of hydrogen-bond acceptors (Lipinski definition) is 5. The summed E-state index contributed by atoms with van der Waals surface area (Å²) in [5.41, 5.74) is 2.19. The van der Waals surface area contributed by atoms with Crippen molar-refractivity contribution in [3.8, 4) is 11.8 Å². The fourth-order valence-corrected chi connectivity index (χ4v) is 5.62. The molecule has 3 rings (SSSR count). The largest absolute Gasteiger partial charge is 0.495 e. The van der Waals surface area contributed by atoms with E-state index in [4.69, 9.17) is 10.00 Å². The lowest BCUT2D eigenvalue weighted by Gasteiger charge is -2.32. The minimum Gasteiger partial charge on any atom is -0.495 e. The standard InChI is InChI=1S/C26H27N3O4S/c1-4-22(26(30)28-18-21-15-13-20(17-27)14-16-21)29(23-10-6-7-11-24(23)33-3)34(31,32)25-12-8-5-9-19(25)2/h5-16,22H,4,18H2,1-3H3,(H,28,30). The summed E-state index contributed by atoms with van der Waals surface area (Å²) in [6.45, 7) is 3.69. The predicted octanol–water partition coefficient (Wildman–Crippen LogP) is 4.17. The summed E-state index contributed by atoms with van der Waals surface area (Å²) in [7, 11) is -2.65. The number of sulfonamides is 1. The Hall–Kier alpha value is -3.83. The number of methoxy groups -OCH3 is 1. The van der Waals surface area contributed by atoms with Crippen molar-refractivity contribution in [3.63, 3.8) is 0 Å². The molecule has 0 aliphatic rings. The average Bonchev–Trinajstić information content (AvgIpc) is 2.86. The van der Waals surface area contributed by atoms with Crippen molar-refractivity contribution in [1.82, 2.24) is 5.32 Å². The number of benzene rings is 3. The van der Waals surface area contributed by atoms with Crippen LogP contribution in [-0.4, -0.2) is 27.5 Å². The number of para-hydroxylation sites is 2. The number of carbonyl (C=O) groups is 1. The summed E-state index contributed by atoms with van der Waals surface area (Å²) >= 11 is 0. The number of nitriles is 1. The molecule has 34 heavy (non-hydrogen) atoms. The van der Waals surface area contributed by atoms with Gasteiger partial charge in [-0.05, 0) is 54.8 Å². The van der Waals surface area contributed by atoms with Gasteiger partial charge in [-0.15, -0.1) is 0 Å². The lowest BCUT2D eigenvalue weighted by atomic mass is 10.1. The number of anilines is 1. The monoisotopic (exact) mass is 477 g/mol. The Morgan fingerprint density at radius 3 is 2.32 bits per heavy atom. The Morgan fingerprint density at radius 1 is 1.06 bits per heavy atom. The Kier molecular flexibility index (Phi) is 7.92. The summed E-state index contributed by atoms with van der Waals surface area (Å²) in [4.78, 5) is 13.5. The molecule has 176 valence electrons. The van der Waals surface area contributed by atoms with Gasteiger partial charge in [0.25, 0.3) is 10.0 Å². The second kappa shape index (κ2) is 10.9. The molecule has 0 fully saturated rings. The van der Waals surface area contributed by atoms with Crippen molar-refractivity contribution in [2.45, 2.75) is 37.8 Å². The van der Waals surface area contributed by atoms with Gasteiger partial charge in [0.1, 0.15) is 11.8 Å². The van der Waals surface area contributed by atoms with E-state index in [1.807, 2.05) is 0 Å². The third-order valence-corrected chi connectivity index (χ3v) is 7.46. The molecule has 0 aliphatic heterocycles. The summed E-state index contributed by atoms with van der Waals surface area (Å²) in [5.74, 6) is -0.0899. The topological polar surface area (TPSA) is 99.5 Å². The average molecular weight is 478 g/mol. The summed E-state index contributed by atoms with van der Waals surface area (Å²) in [6, 6.07) is 21.3. The van der Waals surface area contributed by atoms with Gasteiger partial charge in [0.15, 0.2) is 0 Å². The molecule has 0 aromatic heterocycles. The highest BCUT2D eigenvalue weighted by Gasteiger charge is 2.37. The van der Waals surface area contributed by atoms with Crippen LogP contribution in [-0.2, 0) is 21.4 Å². The fourth-order valence-electron chi connectivity index (χ4n) is 3.69. The van der Waals surface area contributed by atoms with Crippen LogP contribution in [0.25, 0.3) is 0 Å². The van der Waals surface area contributed by atoms with Crippen molar-refractivity contribution >= 4 is 21.6 Å². The molecule has 1 N–H and O–H groups in total. The first kappa shape index (κ1) is 24.8. The molecule has 1 amide bonds. The maximum absolute atomic E-state index is 13.9. The number of aryl methyl sites for hydroxylation is 1. The zero-order valence-corrected chi connectivity index (χ0v) is 20.2. The molecule has 3 aromatic rings. The minimum absolute atomic E-state index is 0.124. The van der Waals surface area contributed by atoms with Crippen molar-refractivity contribution in [2.24, 2.45) is 0 Å². The van der Waals surface area contributed by atoms with Gasteiger partial charge in [-0.1, -0.05) is 49.4 Å².